The molecule has 4 heteroatoms. The van der Waals surface area contributed by atoms with Crippen molar-refractivity contribution in [1.82, 2.24) is 5.32 Å². The van der Waals surface area contributed by atoms with Crippen LogP contribution in [0.2, 0.25) is 0 Å². The molecule has 1 fully saturated rings. The first-order chi connectivity index (χ1) is 10.2. The smallest absolute Gasteiger partial charge is 0.223 e. The molecule has 1 amide bonds. The molecule has 3 unspecified atom stereocenters. The van der Waals surface area contributed by atoms with Gasteiger partial charge < -0.3 is 15.5 Å². The fraction of sp³-hybridized carbons (Fsp3) is 0.588. The van der Waals surface area contributed by atoms with E-state index in [1.54, 1.807) is 0 Å². The molecule has 0 heterocycles. The average molecular weight is 291 g/mol. The van der Waals surface area contributed by atoms with Crippen LogP contribution < -0.4 is 5.32 Å². The summed E-state index contributed by atoms with van der Waals surface area (Å²) in [7, 11) is 0. The molecule has 0 spiro atoms. The van der Waals surface area contributed by atoms with Crippen LogP contribution in [0.1, 0.15) is 50.2 Å². The van der Waals surface area contributed by atoms with Crippen molar-refractivity contribution in [2.24, 2.45) is 5.92 Å². The highest BCUT2D eigenvalue weighted by Crippen LogP contribution is 2.24. The van der Waals surface area contributed by atoms with Gasteiger partial charge in [0.1, 0.15) is 0 Å². The van der Waals surface area contributed by atoms with Gasteiger partial charge in [0.2, 0.25) is 5.91 Å². The topological polar surface area (TPSA) is 69.6 Å². The molecule has 21 heavy (non-hydrogen) atoms. The van der Waals surface area contributed by atoms with Crippen molar-refractivity contribution < 1.29 is 15.0 Å². The van der Waals surface area contributed by atoms with Gasteiger partial charge in [-0.05, 0) is 18.4 Å². The van der Waals surface area contributed by atoms with Crippen molar-refractivity contribution in [3.05, 3.63) is 35.9 Å². The first-order valence-corrected chi connectivity index (χ1v) is 7.84. The second kappa shape index (κ2) is 8.15. The van der Waals surface area contributed by atoms with E-state index in [0.717, 1.165) is 37.7 Å². The minimum Gasteiger partial charge on any atom is -0.396 e. The maximum Gasteiger partial charge on any atom is 0.223 e. The normalized spacial score (nSPS) is 24.1. The Hall–Kier alpha value is -1.39. The lowest BCUT2D eigenvalue weighted by molar-refractivity contribution is -0.124. The predicted molar refractivity (Wildman–Crippen MR) is 81.6 cm³/mol. The number of amides is 1. The molecule has 3 atom stereocenters. The third-order valence-corrected chi connectivity index (χ3v) is 4.30. The van der Waals surface area contributed by atoms with Crippen LogP contribution in [0, 0.1) is 5.92 Å². The summed E-state index contributed by atoms with van der Waals surface area (Å²) in [5, 5.41) is 22.5. The molecular weight excluding hydrogens is 266 g/mol. The highest BCUT2D eigenvalue weighted by Gasteiger charge is 2.25. The summed E-state index contributed by atoms with van der Waals surface area (Å²) in [4.78, 5) is 12.1. The van der Waals surface area contributed by atoms with Crippen LogP contribution in [-0.2, 0) is 4.79 Å². The molecule has 1 aromatic rings. The molecule has 0 radical (unpaired) electrons. The Morgan fingerprint density at radius 1 is 1.19 bits per heavy atom. The van der Waals surface area contributed by atoms with Crippen molar-refractivity contribution in [2.75, 3.05) is 6.61 Å². The number of nitrogens with one attached hydrogen (secondary N) is 1. The van der Waals surface area contributed by atoms with Gasteiger partial charge in [-0.2, -0.15) is 0 Å². The van der Waals surface area contributed by atoms with E-state index in [1.165, 1.54) is 0 Å². The number of hydrogen-bond acceptors (Lipinski definition) is 3. The Kier molecular flexibility index (Phi) is 6.21. The number of benzene rings is 1. The maximum absolute atomic E-state index is 12.1. The van der Waals surface area contributed by atoms with Crippen LogP contribution in [0.5, 0.6) is 0 Å². The van der Waals surface area contributed by atoms with Crippen molar-refractivity contribution in [2.45, 2.75) is 50.7 Å². The number of carbonyl (C=O) groups is 1. The van der Waals surface area contributed by atoms with Crippen LogP contribution >= 0.6 is 0 Å². The lowest BCUT2D eigenvalue weighted by atomic mass is 9.95. The van der Waals surface area contributed by atoms with E-state index < -0.39 is 6.10 Å². The number of hydrogen-bond donors (Lipinski definition) is 3. The van der Waals surface area contributed by atoms with E-state index in [1.807, 2.05) is 30.3 Å². The number of rotatable bonds is 5. The van der Waals surface area contributed by atoms with Gasteiger partial charge in [0.15, 0.2) is 0 Å². The zero-order valence-electron chi connectivity index (χ0n) is 12.4. The fourth-order valence-corrected chi connectivity index (χ4v) is 3.03. The molecule has 4 nitrogen and oxygen atoms in total. The lowest BCUT2D eigenvalue weighted by Gasteiger charge is -2.25. The van der Waals surface area contributed by atoms with E-state index in [9.17, 15) is 15.0 Å². The summed E-state index contributed by atoms with van der Waals surface area (Å²) < 4.78 is 0. The van der Waals surface area contributed by atoms with Crippen molar-refractivity contribution in [1.29, 1.82) is 0 Å². The SMILES string of the molecule is O=C(CC(O)c1ccccc1)NC1CCCCCC1CO. The van der Waals surface area contributed by atoms with Gasteiger partial charge in [-0.3, -0.25) is 4.79 Å². The molecule has 0 saturated heterocycles. The van der Waals surface area contributed by atoms with Crippen LogP contribution in [0.25, 0.3) is 0 Å². The Morgan fingerprint density at radius 2 is 1.90 bits per heavy atom. The van der Waals surface area contributed by atoms with Crippen molar-refractivity contribution in [3.8, 4) is 0 Å². The summed E-state index contributed by atoms with van der Waals surface area (Å²) >= 11 is 0. The fourth-order valence-electron chi connectivity index (χ4n) is 3.03. The van der Waals surface area contributed by atoms with Gasteiger partial charge in [-0.15, -0.1) is 0 Å². The Bertz CT molecular complexity index is 435. The molecule has 0 aliphatic heterocycles. The van der Waals surface area contributed by atoms with E-state index in [0.29, 0.717) is 0 Å². The summed E-state index contributed by atoms with van der Waals surface area (Å²) in [5.74, 6) is 0.00187. The Labute approximate surface area is 126 Å². The summed E-state index contributed by atoms with van der Waals surface area (Å²) in [6.07, 6.45) is 4.53. The molecular formula is C17H25NO3. The van der Waals surface area contributed by atoms with E-state index >= 15 is 0 Å². The molecule has 3 N–H and O–H groups in total. The third-order valence-electron chi connectivity index (χ3n) is 4.30. The first kappa shape index (κ1) is 16.0. The molecule has 0 bridgehead atoms. The molecule has 116 valence electrons. The van der Waals surface area contributed by atoms with Gasteiger partial charge in [0, 0.05) is 18.6 Å². The quantitative estimate of drug-likeness (QED) is 0.728. The van der Waals surface area contributed by atoms with E-state index in [2.05, 4.69) is 5.32 Å². The van der Waals surface area contributed by atoms with E-state index in [4.69, 9.17) is 0 Å². The maximum atomic E-state index is 12.1. The lowest BCUT2D eigenvalue weighted by Crippen LogP contribution is -2.41. The summed E-state index contributed by atoms with van der Waals surface area (Å²) in [6.45, 7) is 0.117. The Balaban J connectivity index is 1.88. The highest BCUT2D eigenvalue weighted by atomic mass is 16.3. The number of carbonyl (C=O) groups excluding carboxylic acids is 1. The monoisotopic (exact) mass is 291 g/mol. The standard InChI is InChI=1S/C17H25NO3/c19-12-14-9-5-2-6-10-15(14)18-17(21)11-16(20)13-7-3-1-4-8-13/h1,3-4,7-8,14-16,19-20H,2,5-6,9-12H2,(H,18,21). The van der Waals surface area contributed by atoms with Gasteiger partial charge in [-0.1, -0.05) is 49.6 Å². The summed E-state index contributed by atoms with van der Waals surface area (Å²) in [6, 6.07) is 9.26. The number of aliphatic hydroxyl groups excluding tert-OH is 2. The van der Waals surface area contributed by atoms with Crippen molar-refractivity contribution in [3.63, 3.8) is 0 Å². The zero-order chi connectivity index (χ0) is 15.1. The first-order valence-electron chi connectivity index (χ1n) is 7.84. The van der Waals surface area contributed by atoms with Gasteiger partial charge in [0.25, 0.3) is 0 Å². The van der Waals surface area contributed by atoms with Crippen LogP contribution in [0.4, 0.5) is 0 Å². The molecule has 1 aromatic carbocycles. The van der Waals surface area contributed by atoms with Crippen LogP contribution in [0.3, 0.4) is 0 Å². The zero-order valence-corrected chi connectivity index (χ0v) is 12.4. The molecule has 1 aliphatic carbocycles. The van der Waals surface area contributed by atoms with Gasteiger partial charge in [0.05, 0.1) is 12.5 Å². The second-order valence-corrected chi connectivity index (χ2v) is 5.89. The molecule has 1 aliphatic rings. The molecule has 0 aromatic heterocycles. The largest absolute Gasteiger partial charge is 0.396 e. The average Bonchev–Trinajstić information content (AvgIpc) is 2.73. The third kappa shape index (κ3) is 4.83. The number of aliphatic hydroxyl groups is 2. The summed E-state index contributed by atoms with van der Waals surface area (Å²) in [5.41, 5.74) is 0.757. The predicted octanol–water partition coefficient (Wildman–Crippen LogP) is 2.17. The minimum atomic E-state index is -0.774. The van der Waals surface area contributed by atoms with E-state index in [-0.39, 0.29) is 30.9 Å². The van der Waals surface area contributed by atoms with Gasteiger partial charge in [-0.25, -0.2) is 0 Å². The highest BCUT2D eigenvalue weighted by molar-refractivity contribution is 5.77. The van der Waals surface area contributed by atoms with Crippen LogP contribution in [0.15, 0.2) is 30.3 Å². The minimum absolute atomic E-state index is 0.0352. The van der Waals surface area contributed by atoms with Crippen molar-refractivity contribution >= 4 is 5.91 Å². The van der Waals surface area contributed by atoms with Gasteiger partial charge >= 0.3 is 0 Å². The molecule has 2 rings (SSSR count). The second-order valence-electron chi connectivity index (χ2n) is 5.89. The molecule has 1 saturated carbocycles. The Morgan fingerprint density at radius 3 is 2.62 bits per heavy atom. The van der Waals surface area contributed by atoms with Crippen LogP contribution in [-0.4, -0.2) is 28.8 Å².